The molecule has 30 heavy (non-hydrogen) atoms. The van der Waals surface area contributed by atoms with Gasteiger partial charge in [0.05, 0.1) is 25.5 Å². The molecule has 1 heterocycles. The van der Waals surface area contributed by atoms with Gasteiger partial charge >= 0.3 is 0 Å². The van der Waals surface area contributed by atoms with Crippen LogP contribution in [0.25, 0.3) is 0 Å². The van der Waals surface area contributed by atoms with Crippen LogP contribution in [0, 0.1) is 32.1 Å². The fourth-order valence-corrected chi connectivity index (χ4v) is 3.52. The van der Waals surface area contributed by atoms with Crippen molar-refractivity contribution in [3.8, 4) is 17.6 Å². The molecular formula is C24H24N2O4. The molecule has 0 fully saturated rings. The summed E-state index contributed by atoms with van der Waals surface area (Å²) in [7, 11) is 2.97. The molecule has 6 heteroatoms. The maximum atomic E-state index is 12.7. The molecule has 1 amide bonds. The van der Waals surface area contributed by atoms with Crippen LogP contribution >= 0.6 is 0 Å². The summed E-state index contributed by atoms with van der Waals surface area (Å²) in [4.78, 5) is 12.7. The third-order valence-corrected chi connectivity index (χ3v) is 4.97. The molecule has 0 unspecified atom stereocenters. The molecule has 154 valence electrons. The summed E-state index contributed by atoms with van der Waals surface area (Å²) in [6.45, 7) is 6.22. The first-order valence-corrected chi connectivity index (χ1v) is 9.49. The predicted octanol–water partition coefficient (Wildman–Crippen LogP) is 4.94. The van der Waals surface area contributed by atoms with Gasteiger partial charge in [0.25, 0.3) is 5.91 Å². The number of nitrogens with zero attached hydrogens (tertiary/aromatic N) is 1. The van der Waals surface area contributed by atoms with Gasteiger partial charge in [0, 0.05) is 18.6 Å². The van der Waals surface area contributed by atoms with E-state index in [9.17, 15) is 10.1 Å². The summed E-state index contributed by atoms with van der Waals surface area (Å²) in [6, 6.07) is 12.8. The fourth-order valence-electron chi connectivity index (χ4n) is 3.52. The van der Waals surface area contributed by atoms with E-state index in [1.165, 1.54) is 42.5 Å². The first-order chi connectivity index (χ1) is 14.4. The molecular weight excluding hydrogens is 380 g/mol. The molecule has 0 radical (unpaired) electrons. The first-order valence-electron chi connectivity index (χ1n) is 9.49. The number of rotatable bonds is 6. The maximum absolute atomic E-state index is 12.7. The third kappa shape index (κ3) is 4.31. The minimum absolute atomic E-state index is 0.172. The number of nitriles is 1. The lowest BCUT2D eigenvalue weighted by Gasteiger charge is -2.12. The van der Waals surface area contributed by atoms with Gasteiger partial charge in [0.15, 0.2) is 17.3 Å². The molecule has 1 N–H and O–H groups in total. The SMILES string of the molecule is COc1cc(C#N)c(NC(=O)c2ccc(Cc3c(C)cc(C)cc3C)o2)cc1OC. The van der Waals surface area contributed by atoms with Crippen LogP contribution in [0.3, 0.4) is 0 Å². The summed E-state index contributed by atoms with van der Waals surface area (Å²) in [5.41, 5.74) is 5.38. The van der Waals surface area contributed by atoms with Crippen molar-refractivity contribution >= 4 is 11.6 Å². The Hall–Kier alpha value is -3.72. The predicted molar refractivity (Wildman–Crippen MR) is 114 cm³/mol. The number of hydrogen-bond acceptors (Lipinski definition) is 5. The Morgan fingerprint density at radius 1 is 1.03 bits per heavy atom. The van der Waals surface area contributed by atoms with Gasteiger partial charge in [-0.2, -0.15) is 5.26 Å². The molecule has 3 aromatic rings. The number of carbonyl (C=O) groups excluding carboxylic acids is 1. The summed E-state index contributed by atoms with van der Waals surface area (Å²) in [6.07, 6.45) is 0.602. The zero-order valence-electron chi connectivity index (χ0n) is 17.8. The van der Waals surface area contributed by atoms with E-state index in [1.54, 1.807) is 18.2 Å². The van der Waals surface area contributed by atoms with Gasteiger partial charge in [-0.3, -0.25) is 4.79 Å². The highest BCUT2D eigenvalue weighted by molar-refractivity contribution is 6.03. The van der Waals surface area contributed by atoms with Crippen LogP contribution in [0.15, 0.2) is 40.8 Å². The van der Waals surface area contributed by atoms with Gasteiger partial charge in [-0.25, -0.2) is 0 Å². The van der Waals surface area contributed by atoms with Gasteiger partial charge < -0.3 is 19.2 Å². The van der Waals surface area contributed by atoms with E-state index >= 15 is 0 Å². The Labute approximate surface area is 176 Å². The van der Waals surface area contributed by atoms with Crippen LogP contribution in [-0.2, 0) is 6.42 Å². The average Bonchev–Trinajstić information content (AvgIpc) is 3.19. The zero-order valence-corrected chi connectivity index (χ0v) is 17.8. The Bertz CT molecular complexity index is 1120. The number of aryl methyl sites for hydroxylation is 3. The molecule has 0 bridgehead atoms. The van der Waals surface area contributed by atoms with E-state index in [4.69, 9.17) is 13.9 Å². The van der Waals surface area contributed by atoms with Crippen LogP contribution < -0.4 is 14.8 Å². The summed E-state index contributed by atoms with van der Waals surface area (Å²) < 4.78 is 16.2. The lowest BCUT2D eigenvalue weighted by Crippen LogP contribution is -2.12. The molecule has 0 saturated carbocycles. The van der Waals surface area contributed by atoms with Crippen LogP contribution in [0.5, 0.6) is 11.5 Å². The van der Waals surface area contributed by atoms with Crippen molar-refractivity contribution in [2.45, 2.75) is 27.2 Å². The molecule has 2 aromatic carbocycles. The van der Waals surface area contributed by atoms with E-state index in [1.807, 2.05) is 0 Å². The van der Waals surface area contributed by atoms with Crippen molar-refractivity contribution in [1.82, 2.24) is 0 Å². The second kappa shape index (κ2) is 8.75. The van der Waals surface area contributed by atoms with E-state index < -0.39 is 5.91 Å². The van der Waals surface area contributed by atoms with Crippen molar-refractivity contribution in [3.05, 3.63) is 75.7 Å². The number of methoxy groups -OCH3 is 2. The lowest BCUT2D eigenvalue weighted by molar-refractivity contribution is 0.0995. The Kier molecular flexibility index (Phi) is 6.12. The molecule has 1 aromatic heterocycles. The highest BCUT2D eigenvalue weighted by atomic mass is 16.5. The molecule has 0 spiro atoms. The molecule has 6 nitrogen and oxygen atoms in total. The summed E-state index contributed by atoms with van der Waals surface area (Å²) in [5.74, 6) is 1.25. The van der Waals surface area contributed by atoms with Crippen molar-refractivity contribution in [1.29, 1.82) is 5.26 Å². The summed E-state index contributed by atoms with van der Waals surface area (Å²) in [5, 5.41) is 12.1. The zero-order chi connectivity index (χ0) is 21.8. The number of hydrogen-bond donors (Lipinski definition) is 1. The van der Waals surface area contributed by atoms with Gasteiger partial charge in [0.2, 0.25) is 0 Å². The Morgan fingerprint density at radius 3 is 2.27 bits per heavy atom. The molecule has 0 aliphatic heterocycles. The number of nitrogens with one attached hydrogen (secondary N) is 1. The van der Waals surface area contributed by atoms with Crippen molar-refractivity contribution in [2.24, 2.45) is 0 Å². The number of ether oxygens (including phenoxy) is 2. The largest absolute Gasteiger partial charge is 0.493 e. The average molecular weight is 404 g/mol. The van der Waals surface area contributed by atoms with Crippen LogP contribution in [0.1, 0.15) is 44.1 Å². The number of carbonyl (C=O) groups is 1. The topological polar surface area (TPSA) is 84.5 Å². The lowest BCUT2D eigenvalue weighted by atomic mass is 9.97. The van der Waals surface area contributed by atoms with Crippen LogP contribution in [0.4, 0.5) is 5.69 Å². The van der Waals surface area contributed by atoms with Crippen molar-refractivity contribution in [3.63, 3.8) is 0 Å². The normalized spacial score (nSPS) is 10.4. The van der Waals surface area contributed by atoms with E-state index in [0.29, 0.717) is 29.4 Å². The molecule has 0 aliphatic carbocycles. The second-order valence-corrected chi connectivity index (χ2v) is 7.14. The Morgan fingerprint density at radius 2 is 1.67 bits per heavy atom. The van der Waals surface area contributed by atoms with E-state index in [2.05, 4.69) is 44.3 Å². The number of furan rings is 1. The molecule has 0 aliphatic rings. The van der Waals surface area contributed by atoms with E-state index in [0.717, 1.165) is 0 Å². The molecule has 3 rings (SSSR count). The standard InChI is InChI=1S/C24H24N2O4/c1-14-8-15(2)19(16(3)9-14)11-18-6-7-21(30-18)24(27)26-20-12-23(29-5)22(28-4)10-17(20)13-25/h6-10,12H,11H2,1-5H3,(H,26,27). The number of anilines is 1. The van der Waals surface area contributed by atoms with Gasteiger partial charge in [-0.15, -0.1) is 0 Å². The van der Waals surface area contributed by atoms with Gasteiger partial charge in [0.1, 0.15) is 11.8 Å². The first kappa shape index (κ1) is 21.0. The third-order valence-electron chi connectivity index (χ3n) is 4.97. The minimum atomic E-state index is -0.442. The van der Waals surface area contributed by atoms with Crippen LogP contribution in [-0.4, -0.2) is 20.1 Å². The number of benzene rings is 2. The van der Waals surface area contributed by atoms with E-state index in [-0.39, 0.29) is 11.3 Å². The maximum Gasteiger partial charge on any atom is 0.291 e. The van der Waals surface area contributed by atoms with Crippen molar-refractivity contribution in [2.75, 3.05) is 19.5 Å². The van der Waals surface area contributed by atoms with Gasteiger partial charge in [-0.05, 0) is 49.6 Å². The highest BCUT2D eigenvalue weighted by Crippen LogP contribution is 2.33. The summed E-state index contributed by atoms with van der Waals surface area (Å²) >= 11 is 0. The monoisotopic (exact) mass is 404 g/mol. The highest BCUT2D eigenvalue weighted by Gasteiger charge is 2.17. The minimum Gasteiger partial charge on any atom is -0.493 e. The quantitative estimate of drug-likeness (QED) is 0.629. The van der Waals surface area contributed by atoms with Crippen LogP contribution in [0.2, 0.25) is 0 Å². The number of amides is 1. The smallest absolute Gasteiger partial charge is 0.291 e. The van der Waals surface area contributed by atoms with Gasteiger partial charge in [-0.1, -0.05) is 17.7 Å². The molecule has 0 saturated heterocycles. The Balaban J connectivity index is 1.82. The second-order valence-electron chi connectivity index (χ2n) is 7.14. The van der Waals surface area contributed by atoms with Crippen molar-refractivity contribution < 1.29 is 18.7 Å². The fraction of sp³-hybridized carbons (Fsp3) is 0.250. The molecule has 0 atom stereocenters.